The lowest BCUT2D eigenvalue weighted by Crippen LogP contribution is -2.55. The Morgan fingerprint density at radius 2 is 1.57 bits per heavy atom. The molecule has 2 fully saturated rings. The SMILES string of the molecule is CC(CN)(CCCC(F)(F)F)N1CCC2(CCCC2)CC1. The Hall–Kier alpha value is -0.290. The molecular weight excluding hydrogens is 277 g/mol. The molecule has 1 spiro atoms. The van der Waals surface area contributed by atoms with Gasteiger partial charge in [-0.15, -0.1) is 0 Å². The lowest BCUT2D eigenvalue weighted by atomic mass is 9.75. The summed E-state index contributed by atoms with van der Waals surface area (Å²) in [5.41, 5.74) is 6.18. The molecule has 5 heteroatoms. The fraction of sp³-hybridized carbons (Fsp3) is 1.00. The summed E-state index contributed by atoms with van der Waals surface area (Å²) in [5.74, 6) is 0. The first-order chi connectivity index (χ1) is 9.79. The number of likely N-dealkylation sites (tertiary alicyclic amines) is 1. The van der Waals surface area contributed by atoms with Gasteiger partial charge in [0, 0.05) is 18.5 Å². The van der Waals surface area contributed by atoms with E-state index in [0.29, 0.717) is 18.4 Å². The van der Waals surface area contributed by atoms with Crippen LogP contribution in [0.1, 0.15) is 64.7 Å². The van der Waals surface area contributed by atoms with E-state index in [1.54, 1.807) is 0 Å². The van der Waals surface area contributed by atoms with Crippen LogP contribution in [-0.4, -0.2) is 36.2 Å². The van der Waals surface area contributed by atoms with Gasteiger partial charge in [0.05, 0.1) is 0 Å². The molecule has 2 aliphatic rings. The van der Waals surface area contributed by atoms with E-state index in [1.165, 1.54) is 38.5 Å². The second-order valence-electron chi connectivity index (χ2n) is 7.36. The third kappa shape index (κ3) is 4.35. The number of rotatable bonds is 5. The van der Waals surface area contributed by atoms with Crippen molar-refractivity contribution in [3.05, 3.63) is 0 Å². The molecule has 0 aromatic rings. The molecule has 2 rings (SSSR count). The number of piperidine rings is 1. The first kappa shape index (κ1) is 17.1. The fourth-order valence-corrected chi connectivity index (χ4v) is 4.20. The van der Waals surface area contributed by atoms with Crippen molar-refractivity contribution in [3.63, 3.8) is 0 Å². The van der Waals surface area contributed by atoms with Crippen molar-refractivity contribution in [2.24, 2.45) is 11.1 Å². The van der Waals surface area contributed by atoms with Gasteiger partial charge in [0.25, 0.3) is 0 Å². The van der Waals surface area contributed by atoms with Crippen molar-refractivity contribution in [1.29, 1.82) is 0 Å². The minimum Gasteiger partial charge on any atom is -0.329 e. The van der Waals surface area contributed by atoms with Gasteiger partial charge in [0.2, 0.25) is 0 Å². The van der Waals surface area contributed by atoms with Gasteiger partial charge in [0.15, 0.2) is 0 Å². The van der Waals surface area contributed by atoms with Crippen molar-refractivity contribution >= 4 is 0 Å². The highest BCUT2D eigenvalue weighted by Gasteiger charge is 2.41. The van der Waals surface area contributed by atoms with Crippen molar-refractivity contribution in [2.45, 2.75) is 76.4 Å². The summed E-state index contributed by atoms with van der Waals surface area (Å²) >= 11 is 0. The van der Waals surface area contributed by atoms with Gasteiger partial charge in [-0.1, -0.05) is 12.8 Å². The van der Waals surface area contributed by atoms with Crippen molar-refractivity contribution in [2.75, 3.05) is 19.6 Å². The summed E-state index contributed by atoms with van der Waals surface area (Å²) in [6.45, 7) is 4.48. The maximum Gasteiger partial charge on any atom is 0.389 e. The van der Waals surface area contributed by atoms with Gasteiger partial charge in [-0.05, 0) is 64.0 Å². The molecule has 1 aliphatic carbocycles. The molecule has 0 amide bonds. The van der Waals surface area contributed by atoms with E-state index >= 15 is 0 Å². The van der Waals surface area contributed by atoms with Gasteiger partial charge in [0.1, 0.15) is 0 Å². The molecule has 0 aromatic carbocycles. The fourth-order valence-electron chi connectivity index (χ4n) is 4.20. The normalized spacial score (nSPS) is 26.1. The van der Waals surface area contributed by atoms with E-state index in [2.05, 4.69) is 4.90 Å². The average Bonchev–Trinajstić information content (AvgIpc) is 2.86. The van der Waals surface area contributed by atoms with Crippen LogP contribution in [0.25, 0.3) is 0 Å². The third-order valence-corrected chi connectivity index (χ3v) is 5.87. The molecule has 0 bridgehead atoms. The van der Waals surface area contributed by atoms with Crippen LogP contribution in [-0.2, 0) is 0 Å². The van der Waals surface area contributed by atoms with E-state index in [1.807, 2.05) is 6.92 Å². The number of halogens is 3. The van der Waals surface area contributed by atoms with Crippen LogP contribution in [0.3, 0.4) is 0 Å². The predicted octanol–water partition coefficient (Wildman–Crippen LogP) is 4.09. The number of alkyl halides is 3. The van der Waals surface area contributed by atoms with Gasteiger partial charge < -0.3 is 5.73 Å². The number of nitrogens with zero attached hydrogens (tertiary/aromatic N) is 1. The second-order valence-corrected chi connectivity index (χ2v) is 7.36. The molecule has 0 radical (unpaired) electrons. The Bertz CT molecular complexity index is 327. The zero-order valence-corrected chi connectivity index (χ0v) is 13.1. The Morgan fingerprint density at radius 3 is 2.05 bits per heavy atom. The number of hydrogen-bond donors (Lipinski definition) is 1. The second kappa shape index (κ2) is 6.45. The molecule has 2 N–H and O–H groups in total. The largest absolute Gasteiger partial charge is 0.389 e. The quantitative estimate of drug-likeness (QED) is 0.829. The molecule has 2 nitrogen and oxygen atoms in total. The molecular formula is C16H29F3N2. The highest BCUT2D eigenvalue weighted by molar-refractivity contribution is 4.95. The number of nitrogens with two attached hydrogens (primary N) is 1. The van der Waals surface area contributed by atoms with Crippen LogP contribution in [0.15, 0.2) is 0 Å². The maximum absolute atomic E-state index is 12.3. The first-order valence-electron chi connectivity index (χ1n) is 8.31. The Balaban J connectivity index is 1.85. The maximum atomic E-state index is 12.3. The minimum atomic E-state index is -4.05. The van der Waals surface area contributed by atoms with E-state index in [9.17, 15) is 13.2 Å². The third-order valence-electron chi connectivity index (χ3n) is 5.87. The Kier molecular flexibility index (Phi) is 5.24. The monoisotopic (exact) mass is 306 g/mol. The van der Waals surface area contributed by atoms with Crippen LogP contribution in [0.4, 0.5) is 13.2 Å². The number of hydrogen-bond acceptors (Lipinski definition) is 2. The van der Waals surface area contributed by atoms with Crippen molar-refractivity contribution in [3.8, 4) is 0 Å². The van der Waals surface area contributed by atoms with Crippen LogP contribution in [0.5, 0.6) is 0 Å². The molecule has 1 saturated heterocycles. The molecule has 1 saturated carbocycles. The summed E-state index contributed by atoms with van der Waals surface area (Å²) in [4.78, 5) is 2.35. The van der Waals surface area contributed by atoms with E-state index in [0.717, 1.165) is 13.1 Å². The standard InChI is InChI=1S/C16H29F3N2/c1-14(13-20,5-4-8-16(17,18)19)21-11-9-15(10-12-21)6-2-3-7-15/h2-13,20H2,1H3. The Morgan fingerprint density at radius 1 is 1.00 bits per heavy atom. The van der Waals surface area contributed by atoms with Crippen molar-refractivity contribution in [1.82, 2.24) is 4.90 Å². The van der Waals surface area contributed by atoms with Crippen LogP contribution >= 0.6 is 0 Å². The molecule has 1 unspecified atom stereocenters. The highest BCUT2D eigenvalue weighted by Crippen LogP contribution is 2.47. The Labute approximate surface area is 126 Å². The summed E-state index contributed by atoms with van der Waals surface area (Å²) in [6, 6.07) is 0. The van der Waals surface area contributed by atoms with E-state index in [4.69, 9.17) is 5.73 Å². The summed E-state index contributed by atoms with van der Waals surface area (Å²) in [6.07, 6.45) is 3.74. The lowest BCUT2D eigenvalue weighted by molar-refractivity contribution is -0.137. The summed E-state index contributed by atoms with van der Waals surface area (Å²) in [5, 5.41) is 0. The van der Waals surface area contributed by atoms with E-state index < -0.39 is 12.6 Å². The molecule has 21 heavy (non-hydrogen) atoms. The molecule has 1 atom stereocenters. The van der Waals surface area contributed by atoms with Crippen LogP contribution < -0.4 is 5.73 Å². The van der Waals surface area contributed by atoms with Gasteiger partial charge in [-0.2, -0.15) is 13.2 Å². The first-order valence-corrected chi connectivity index (χ1v) is 8.31. The summed E-state index contributed by atoms with van der Waals surface area (Å²) in [7, 11) is 0. The average molecular weight is 306 g/mol. The predicted molar refractivity (Wildman–Crippen MR) is 79.1 cm³/mol. The van der Waals surface area contributed by atoms with Gasteiger partial charge in [-0.3, -0.25) is 4.90 Å². The molecule has 1 heterocycles. The van der Waals surface area contributed by atoms with E-state index in [-0.39, 0.29) is 12.0 Å². The van der Waals surface area contributed by atoms with Crippen LogP contribution in [0.2, 0.25) is 0 Å². The molecule has 124 valence electrons. The zero-order valence-electron chi connectivity index (χ0n) is 13.1. The smallest absolute Gasteiger partial charge is 0.329 e. The summed E-state index contributed by atoms with van der Waals surface area (Å²) < 4.78 is 37.0. The van der Waals surface area contributed by atoms with Crippen molar-refractivity contribution < 1.29 is 13.2 Å². The highest BCUT2D eigenvalue weighted by atomic mass is 19.4. The molecule has 0 aromatic heterocycles. The topological polar surface area (TPSA) is 29.3 Å². The lowest BCUT2D eigenvalue weighted by Gasteiger charge is -2.48. The van der Waals surface area contributed by atoms with Gasteiger partial charge in [-0.25, -0.2) is 0 Å². The molecule has 1 aliphatic heterocycles. The van der Waals surface area contributed by atoms with Crippen LogP contribution in [0, 0.1) is 5.41 Å². The zero-order chi connectivity index (χ0) is 15.6. The minimum absolute atomic E-state index is 0.179. The van der Waals surface area contributed by atoms with Gasteiger partial charge >= 0.3 is 6.18 Å².